The molecule has 82 valence electrons. The Labute approximate surface area is 87.9 Å². The molecule has 0 fully saturated rings. The van der Waals surface area contributed by atoms with Crippen molar-refractivity contribution in [1.82, 2.24) is 5.32 Å². The van der Waals surface area contributed by atoms with E-state index in [2.05, 4.69) is 5.32 Å². The summed E-state index contributed by atoms with van der Waals surface area (Å²) in [4.78, 5) is 11.1. The van der Waals surface area contributed by atoms with Crippen LogP contribution in [-0.2, 0) is 4.79 Å². The van der Waals surface area contributed by atoms with Gasteiger partial charge in [-0.1, -0.05) is 0 Å². The molecule has 0 spiro atoms. The molecular formula is C10H14N2O3. The Hall–Kier alpha value is -1.75. The highest BCUT2D eigenvalue weighted by Gasteiger charge is 2.01. The Morgan fingerprint density at radius 3 is 2.67 bits per heavy atom. The SMILES string of the molecule is NCCNC(=O)COc1ccc(O)cc1. The number of carbonyl (C=O) groups excluding carboxylic acids is 1. The Kier molecular flexibility index (Phi) is 4.43. The summed E-state index contributed by atoms with van der Waals surface area (Å²) in [6.45, 7) is 0.799. The predicted molar refractivity (Wildman–Crippen MR) is 55.7 cm³/mol. The number of hydrogen-bond acceptors (Lipinski definition) is 4. The number of carbonyl (C=O) groups is 1. The number of amides is 1. The molecule has 0 saturated heterocycles. The van der Waals surface area contributed by atoms with Crippen molar-refractivity contribution < 1.29 is 14.6 Å². The first-order valence-corrected chi connectivity index (χ1v) is 4.61. The number of aromatic hydroxyl groups is 1. The van der Waals surface area contributed by atoms with Gasteiger partial charge in [-0.15, -0.1) is 0 Å². The summed E-state index contributed by atoms with van der Waals surface area (Å²) >= 11 is 0. The van der Waals surface area contributed by atoms with Gasteiger partial charge in [0.05, 0.1) is 0 Å². The molecule has 0 aliphatic heterocycles. The van der Waals surface area contributed by atoms with Gasteiger partial charge in [-0.25, -0.2) is 0 Å². The number of hydrogen-bond donors (Lipinski definition) is 3. The van der Waals surface area contributed by atoms with Crippen molar-refractivity contribution in [2.75, 3.05) is 19.7 Å². The van der Waals surface area contributed by atoms with Crippen molar-refractivity contribution in [2.45, 2.75) is 0 Å². The lowest BCUT2D eigenvalue weighted by atomic mass is 10.3. The van der Waals surface area contributed by atoms with Gasteiger partial charge in [-0.3, -0.25) is 4.79 Å². The average molecular weight is 210 g/mol. The van der Waals surface area contributed by atoms with E-state index in [-0.39, 0.29) is 18.3 Å². The van der Waals surface area contributed by atoms with E-state index in [1.54, 1.807) is 12.1 Å². The second kappa shape index (κ2) is 5.87. The molecule has 0 unspecified atom stereocenters. The normalized spacial score (nSPS) is 9.67. The van der Waals surface area contributed by atoms with E-state index in [1.807, 2.05) is 0 Å². The van der Waals surface area contributed by atoms with Crippen molar-refractivity contribution in [2.24, 2.45) is 5.73 Å². The molecule has 0 atom stereocenters. The highest BCUT2D eigenvalue weighted by atomic mass is 16.5. The monoisotopic (exact) mass is 210 g/mol. The lowest BCUT2D eigenvalue weighted by Gasteiger charge is -2.06. The zero-order valence-electron chi connectivity index (χ0n) is 8.27. The third-order valence-corrected chi connectivity index (χ3v) is 1.67. The molecule has 0 aliphatic carbocycles. The van der Waals surface area contributed by atoms with E-state index < -0.39 is 0 Å². The molecule has 0 aliphatic rings. The quantitative estimate of drug-likeness (QED) is 0.630. The number of nitrogens with two attached hydrogens (primary N) is 1. The van der Waals surface area contributed by atoms with E-state index in [0.29, 0.717) is 18.8 Å². The van der Waals surface area contributed by atoms with Gasteiger partial charge in [0.15, 0.2) is 6.61 Å². The highest BCUT2D eigenvalue weighted by Crippen LogP contribution is 2.15. The van der Waals surface area contributed by atoms with Crippen LogP contribution in [0.4, 0.5) is 0 Å². The summed E-state index contributed by atoms with van der Waals surface area (Å²) in [5, 5.41) is 11.6. The first-order valence-electron chi connectivity index (χ1n) is 4.61. The van der Waals surface area contributed by atoms with Crippen LogP contribution in [-0.4, -0.2) is 30.7 Å². The topological polar surface area (TPSA) is 84.6 Å². The minimum absolute atomic E-state index is 0.0508. The molecule has 0 saturated carbocycles. The van der Waals surface area contributed by atoms with Crippen LogP contribution in [0.5, 0.6) is 11.5 Å². The zero-order chi connectivity index (χ0) is 11.1. The second-order valence-electron chi connectivity index (χ2n) is 2.92. The average Bonchev–Trinajstić information content (AvgIpc) is 2.25. The second-order valence-corrected chi connectivity index (χ2v) is 2.92. The molecule has 1 rings (SSSR count). The summed E-state index contributed by atoms with van der Waals surface area (Å²) in [5.74, 6) is 0.485. The van der Waals surface area contributed by atoms with Crippen LogP contribution < -0.4 is 15.8 Å². The fourth-order valence-corrected chi connectivity index (χ4v) is 0.954. The van der Waals surface area contributed by atoms with Gasteiger partial charge in [0, 0.05) is 13.1 Å². The smallest absolute Gasteiger partial charge is 0.257 e. The third kappa shape index (κ3) is 4.33. The van der Waals surface area contributed by atoms with Gasteiger partial charge in [-0.2, -0.15) is 0 Å². The van der Waals surface area contributed by atoms with E-state index in [0.717, 1.165) is 0 Å². The Balaban J connectivity index is 2.30. The largest absolute Gasteiger partial charge is 0.508 e. The van der Waals surface area contributed by atoms with Crippen LogP contribution >= 0.6 is 0 Å². The van der Waals surface area contributed by atoms with Crippen LogP contribution in [0.15, 0.2) is 24.3 Å². The maximum atomic E-state index is 11.1. The van der Waals surface area contributed by atoms with Crippen LogP contribution in [0, 0.1) is 0 Å². The molecule has 0 radical (unpaired) electrons. The third-order valence-electron chi connectivity index (χ3n) is 1.67. The Morgan fingerprint density at radius 1 is 1.40 bits per heavy atom. The number of phenols is 1. The van der Waals surface area contributed by atoms with Crippen molar-refractivity contribution >= 4 is 5.91 Å². The summed E-state index contributed by atoms with van der Waals surface area (Å²) < 4.78 is 5.16. The first-order chi connectivity index (χ1) is 7.22. The van der Waals surface area contributed by atoms with Gasteiger partial charge < -0.3 is 20.9 Å². The van der Waals surface area contributed by atoms with Crippen molar-refractivity contribution in [1.29, 1.82) is 0 Å². The van der Waals surface area contributed by atoms with Crippen LogP contribution in [0.2, 0.25) is 0 Å². The summed E-state index contributed by atoms with van der Waals surface area (Å²) in [6.07, 6.45) is 0. The Morgan fingerprint density at radius 2 is 2.07 bits per heavy atom. The van der Waals surface area contributed by atoms with E-state index >= 15 is 0 Å². The van der Waals surface area contributed by atoms with Gasteiger partial charge in [0.25, 0.3) is 5.91 Å². The van der Waals surface area contributed by atoms with Crippen LogP contribution in [0.1, 0.15) is 0 Å². The number of benzene rings is 1. The van der Waals surface area contributed by atoms with E-state index in [4.69, 9.17) is 15.6 Å². The molecule has 1 aromatic rings. The number of ether oxygens (including phenoxy) is 1. The molecule has 0 bridgehead atoms. The van der Waals surface area contributed by atoms with E-state index in [1.165, 1.54) is 12.1 Å². The summed E-state index contributed by atoms with van der Waals surface area (Å²) in [5.41, 5.74) is 5.22. The van der Waals surface area contributed by atoms with Crippen molar-refractivity contribution in [3.63, 3.8) is 0 Å². The molecule has 0 heterocycles. The van der Waals surface area contributed by atoms with Crippen LogP contribution in [0.25, 0.3) is 0 Å². The zero-order valence-corrected chi connectivity index (χ0v) is 8.27. The molecule has 0 aromatic heterocycles. The lowest BCUT2D eigenvalue weighted by Crippen LogP contribution is -2.32. The first kappa shape index (κ1) is 11.3. The van der Waals surface area contributed by atoms with Gasteiger partial charge in [0.1, 0.15) is 11.5 Å². The van der Waals surface area contributed by atoms with Gasteiger partial charge >= 0.3 is 0 Å². The molecule has 5 heteroatoms. The summed E-state index contributed by atoms with van der Waals surface area (Å²) in [7, 11) is 0. The van der Waals surface area contributed by atoms with Crippen molar-refractivity contribution in [3.8, 4) is 11.5 Å². The molecule has 15 heavy (non-hydrogen) atoms. The number of rotatable bonds is 5. The maximum Gasteiger partial charge on any atom is 0.257 e. The molecule has 1 amide bonds. The predicted octanol–water partition coefficient (Wildman–Crippen LogP) is -0.154. The number of phenolic OH excluding ortho intramolecular Hbond substituents is 1. The maximum absolute atomic E-state index is 11.1. The van der Waals surface area contributed by atoms with Crippen molar-refractivity contribution in [3.05, 3.63) is 24.3 Å². The van der Waals surface area contributed by atoms with E-state index in [9.17, 15) is 4.79 Å². The van der Waals surface area contributed by atoms with Gasteiger partial charge in [0.2, 0.25) is 0 Å². The minimum Gasteiger partial charge on any atom is -0.508 e. The molecule has 1 aromatic carbocycles. The Bertz CT molecular complexity index is 311. The number of nitrogens with one attached hydrogen (secondary N) is 1. The molecule has 5 nitrogen and oxygen atoms in total. The fourth-order valence-electron chi connectivity index (χ4n) is 0.954. The summed E-state index contributed by atoms with van der Waals surface area (Å²) in [6, 6.07) is 6.16. The highest BCUT2D eigenvalue weighted by molar-refractivity contribution is 5.77. The van der Waals surface area contributed by atoms with Gasteiger partial charge in [-0.05, 0) is 24.3 Å². The lowest BCUT2D eigenvalue weighted by molar-refractivity contribution is -0.123. The minimum atomic E-state index is -0.214. The standard InChI is InChI=1S/C10H14N2O3/c11-5-6-12-10(14)7-15-9-3-1-8(13)2-4-9/h1-4,13H,5-7,11H2,(H,12,14). The fraction of sp³-hybridized carbons (Fsp3) is 0.300. The molecule has 4 N–H and O–H groups in total. The molecular weight excluding hydrogens is 196 g/mol. The van der Waals surface area contributed by atoms with Crippen LogP contribution in [0.3, 0.4) is 0 Å².